The van der Waals surface area contributed by atoms with Gasteiger partial charge in [-0.2, -0.15) is 0 Å². The summed E-state index contributed by atoms with van der Waals surface area (Å²) in [5.74, 6) is -1.01. The number of piperazine rings is 2. The van der Waals surface area contributed by atoms with Gasteiger partial charge in [0.2, 0.25) is 11.9 Å². The van der Waals surface area contributed by atoms with Gasteiger partial charge >= 0.3 is 0 Å². The Hall–Kier alpha value is -2.36. The molecule has 0 spiro atoms. The van der Waals surface area contributed by atoms with Crippen LogP contribution in [0.25, 0.3) is 0 Å². The van der Waals surface area contributed by atoms with Crippen LogP contribution in [0.15, 0.2) is 36.9 Å². The number of unbranched alkanes of at least 4 members (excludes halogenated alkanes) is 2. The second kappa shape index (κ2) is 13.4. The molecule has 4 heterocycles. The zero-order valence-electron chi connectivity index (χ0n) is 34.1. The lowest BCUT2D eigenvalue weighted by Crippen LogP contribution is -2.47. The van der Waals surface area contributed by atoms with Crippen molar-refractivity contribution < 1.29 is 26.7 Å². The van der Waals surface area contributed by atoms with E-state index in [2.05, 4.69) is 19.9 Å². The van der Waals surface area contributed by atoms with Crippen molar-refractivity contribution in [1.82, 2.24) is 29.7 Å². The Labute approximate surface area is 220 Å². The molecule has 2 aromatic rings. The molecule has 2 saturated heterocycles. The lowest BCUT2D eigenvalue weighted by atomic mass is 10.2. The summed E-state index contributed by atoms with van der Waals surface area (Å²) in [6.07, 6.45) is 5.58. The van der Waals surface area contributed by atoms with Gasteiger partial charge in [0.15, 0.2) is 0 Å². The molecule has 0 aliphatic carbocycles. The van der Waals surface area contributed by atoms with Crippen LogP contribution in [-0.2, 0) is 4.74 Å². The monoisotopic (exact) mass is 470 g/mol. The first-order valence-electron chi connectivity index (χ1n) is 18.7. The van der Waals surface area contributed by atoms with Gasteiger partial charge in [0.05, 0.1) is 11.0 Å². The summed E-state index contributed by atoms with van der Waals surface area (Å²) in [6, 6.07) is 2.81. The molecule has 4 rings (SSSR count). The zero-order chi connectivity index (χ0) is 36.9. The fourth-order valence-corrected chi connectivity index (χ4v) is 2.84. The summed E-state index contributed by atoms with van der Waals surface area (Å²) in [5.41, 5.74) is 0. The molecule has 2 fully saturated rings. The van der Waals surface area contributed by atoms with Crippen LogP contribution in [0, 0.1) is 0 Å². The maximum Gasteiger partial charge on any atom is 0.225 e. The highest BCUT2D eigenvalue weighted by Gasteiger charge is 2.19. The van der Waals surface area contributed by atoms with Crippen molar-refractivity contribution in [3.8, 4) is 0 Å². The second-order valence-corrected chi connectivity index (χ2v) is 6.99. The molecule has 0 aromatic carbocycles. The number of ether oxygens (including phenoxy) is 1. The van der Waals surface area contributed by atoms with Crippen LogP contribution in [-0.4, -0.2) is 108 Å². The van der Waals surface area contributed by atoms with Crippen molar-refractivity contribution in [2.45, 2.75) is 25.7 Å². The predicted octanol–water partition coefficient (Wildman–Crippen LogP) is 1.79. The SMILES string of the molecule is [2H]C1([2H])N(CCCCOCCCCN2C([2H])([2H])C([2H])([2H])N(c3ncccn3)C([2H])([2H])C2([2H])[2H])C([2H])([2H])C([2H])([2H])N(c2ncccn2)C1([2H])[2H]. The third kappa shape index (κ3) is 7.87. The quantitative estimate of drug-likeness (QED) is 0.432. The van der Waals surface area contributed by atoms with Crippen LogP contribution in [0.1, 0.15) is 47.6 Å². The molecule has 2 aliphatic heterocycles. The summed E-state index contributed by atoms with van der Waals surface area (Å²) in [6.45, 7) is -24.9. The maximum absolute atomic E-state index is 8.50. The van der Waals surface area contributed by atoms with E-state index in [0.29, 0.717) is 9.80 Å². The molecule has 2 aromatic heterocycles. The third-order valence-corrected chi connectivity index (χ3v) is 4.53. The Kier molecular flexibility index (Phi) is 4.43. The first-order chi connectivity index (χ1) is 22.4. The van der Waals surface area contributed by atoms with Crippen LogP contribution in [0.3, 0.4) is 0 Å². The van der Waals surface area contributed by atoms with Gasteiger partial charge in [0.25, 0.3) is 0 Å². The van der Waals surface area contributed by atoms with Gasteiger partial charge < -0.3 is 14.5 Å². The largest absolute Gasteiger partial charge is 0.381 e. The zero-order valence-corrected chi connectivity index (χ0v) is 18.1. The Morgan fingerprint density at radius 3 is 1.39 bits per heavy atom. The van der Waals surface area contributed by atoms with E-state index < -0.39 is 63.9 Å². The topological polar surface area (TPSA) is 73.8 Å². The van der Waals surface area contributed by atoms with Crippen molar-refractivity contribution in [2.24, 2.45) is 0 Å². The van der Waals surface area contributed by atoms with E-state index in [-0.39, 0.29) is 61.8 Å². The maximum atomic E-state index is 8.50. The number of hydrogen-bond donors (Lipinski definition) is 0. The molecule has 33 heavy (non-hydrogen) atoms. The van der Waals surface area contributed by atoms with Gasteiger partial charge in [-0.05, 0) is 50.9 Å². The molecule has 0 amide bonds. The minimum Gasteiger partial charge on any atom is -0.381 e. The van der Waals surface area contributed by atoms with Crippen LogP contribution in [0.4, 0.5) is 11.9 Å². The van der Waals surface area contributed by atoms with Crippen molar-refractivity contribution >= 4 is 11.9 Å². The number of hydrogen-bond acceptors (Lipinski definition) is 9. The van der Waals surface area contributed by atoms with E-state index in [0.717, 1.165) is 0 Å². The lowest BCUT2D eigenvalue weighted by molar-refractivity contribution is 0.119. The Morgan fingerprint density at radius 2 is 1.00 bits per heavy atom. The van der Waals surface area contributed by atoms with Gasteiger partial charge in [-0.15, -0.1) is 0 Å². The number of anilines is 2. The average molecular weight is 471 g/mol. The van der Waals surface area contributed by atoms with Crippen molar-refractivity contribution in [3.63, 3.8) is 0 Å². The average Bonchev–Trinajstić information content (AvgIpc) is 2.98. The van der Waals surface area contributed by atoms with Crippen molar-refractivity contribution in [3.05, 3.63) is 36.9 Å². The van der Waals surface area contributed by atoms with Crippen LogP contribution < -0.4 is 9.80 Å². The number of aromatic nitrogens is 4. The Balaban J connectivity index is 1.30. The van der Waals surface area contributed by atoms with Gasteiger partial charge in [0, 0.05) is 101 Å². The molecule has 180 valence electrons. The first kappa shape index (κ1) is 10.9. The molecule has 0 bridgehead atoms. The van der Waals surface area contributed by atoms with Crippen LogP contribution in [0.5, 0.6) is 0 Å². The summed E-state index contributed by atoms with van der Waals surface area (Å²) >= 11 is 0. The third-order valence-electron chi connectivity index (χ3n) is 4.53. The fraction of sp³-hybridized carbons (Fsp3) is 0.667. The molecule has 0 unspecified atom stereocenters. The van der Waals surface area contributed by atoms with Gasteiger partial charge in [-0.1, -0.05) is 0 Å². The number of rotatable bonds is 12. The number of nitrogens with zero attached hydrogens (tertiary/aromatic N) is 8. The van der Waals surface area contributed by atoms with Crippen molar-refractivity contribution in [1.29, 1.82) is 0 Å². The smallest absolute Gasteiger partial charge is 0.225 e. The minimum atomic E-state index is -3.08. The molecule has 0 N–H and O–H groups in total. The van der Waals surface area contributed by atoms with Crippen LogP contribution in [0.2, 0.25) is 0 Å². The van der Waals surface area contributed by atoms with E-state index in [4.69, 9.17) is 26.7 Å². The molecule has 9 nitrogen and oxygen atoms in total. The molecule has 9 heteroatoms. The molecule has 2 aliphatic rings. The van der Waals surface area contributed by atoms with Gasteiger partial charge in [-0.25, -0.2) is 19.9 Å². The van der Waals surface area contributed by atoms with E-state index in [1.165, 1.54) is 36.9 Å². The lowest BCUT2D eigenvalue weighted by Gasteiger charge is -2.34. The molecule has 0 saturated carbocycles. The molecular formula is C24H38N8O. The first-order valence-corrected chi connectivity index (χ1v) is 10.7. The highest BCUT2D eigenvalue weighted by Crippen LogP contribution is 2.11. The van der Waals surface area contributed by atoms with Gasteiger partial charge in [0.1, 0.15) is 0 Å². The molecular weight excluding hydrogens is 416 g/mol. The highest BCUT2D eigenvalue weighted by molar-refractivity contribution is 5.29. The van der Waals surface area contributed by atoms with Gasteiger partial charge in [-0.3, -0.25) is 9.80 Å². The molecule has 0 radical (unpaired) electrons. The minimum absolute atomic E-state index is 0.103. The normalized spacial score (nSPS) is 37.5. The Bertz CT molecular complexity index is 1260. The van der Waals surface area contributed by atoms with Crippen LogP contribution >= 0.6 is 0 Å². The molecule has 0 atom stereocenters. The Morgan fingerprint density at radius 1 is 0.606 bits per heavy atom. The summed E-state index contributed by atoms with van der Waals surface area (Å²) in [7, 11) is 0. The highest BCUT2D eigenvalue weighted by atomic mass is 16.5. The fourth-order valence-electron chi connectivity index (χ4n) is 2.84. The summed E-state index contributed by atoms with van der Waals surface area (Å²) in [5, 5.41) is 0. The van der Waals surface area contributed by atoms with Crippen molar-refractivity contribution in [2.75, 3.05) is 88.1 Å². The second-order valence-electron chi connectivity index (χ2n) is 6.99. The standard InChI is InChI=1S/C24H38N8O/c1(11-29-13-17-31(18-14-29)23-25-7-5-8-26-23)3-21-33-22-4-2-12-30-15-19-32(20-16-30)24-27-9-6-10-28-24/h5-10H,1-4,11-22H2/i13D2,14D2,15D2,16D2,17D2,18D2,19D2,20D2. The summed E-state index contributed by atoms with van der Waals surface area (Å²) in [4.78, 5) is 16.9. The van der Waals surface area contributed by atoms with E-state index in [9.17, 15) is 0 Å². The van der Waals surface area contributed by atoms with E-state index >= 15 is 0 Å². The summed E-state index contributed by atoms with van der Waals surface area (Å²) < 4.78 is 141. The van der Waals surface area contributed by atoms with E-state index in [1.807, 2.05) is 0 Å². The van der Waals surface area contributed by atoms with E-state index in [1.54, 1.807) is 0 Å². The predicted molar refractivity (Wildman–Crippen MR) is 131 cm³/mol.